The average Bonchev–Trinajstić information content (AvgIpc) is 3.20. The molecular weight excluding hydrogens is 305 g/mol. The number of halogens is 4. The van der Waals surface area contributed by atoms with Gasteiger partial charge in [0.1, 0.15) is 0 Å². The van der Waals surface area contributed by atoms with Crippen LogP contribution in [-0.4, -0.2) is 5.91 Å². The summed E-state index contributed by atoms with van der Waals surface area (Å²) in [5.41, 5.74) is 5.10. The summed E-state index contributed by atoms with van der Waals surface area (Å²) < 4.78 is 38.3. The molecule has 1 atom stereocenters. The zero-order chi connectivity index (χ0) is 14.9. The first-order valence-electron chi connectivity index (χ1n) is 6.53. The number of hydrogen-bond acceptors (Lipinski definition) is 2. The molecule has 3 nitrogen and oxygen atoms in total. The minimum atomic E-state index is -4.45. The van der Waals surface area contributed by atoms with E-state index in [-0.39, 0.29) is 36.5 Å². The maximum absolute atomic E-state index is 12.8. The van der Waals surface area contributed by atoms with Gasteiger partial charge in [-0.05, 0) is 42.5 Å². The van der Waals surface area contributed by atoms with Crippen LogP contribution in [0.15, 0.2) is 18.2 Å². The second-order valence-corrected chi connectivity index (χ2v) is 5.24. The van der Waals surface area contributed by atoms with Gasteiger partial charge in [-0.25, -0.2) is 0 Å². The molecule has 1 aliphatic carbocycles. The normalized spacial score (nSPS) is 16.0. The Kier molecular flexibility index (Phi) is 5.64. The molecule has 1 amide bonds. The van der Waals surface area contributed by atoms with Crippen molar-refractivity contribution in [2.24, 2.45) is 17.6 Å². The summed E-state index contributed by atoms with van der Waals surface area (Å²) in [6, 6.07) is 3.42. The van der Waals surface area contributed by atoms with Crippen molar-refractivity contribution in [3.63, 3.8) is 0 Å². The first kappa shape index (κ1) is 17.8. The van der Waals surface area contributed by atoms with Gasteiger partial charge in [0.05, 0.1) is 5.56 Å². The van der Waals surface area contributed by atoms with E-state index in [2.05, 4.69) is 5.32 Å². The van der Waals surface area contributed by atoms with Crippen LogP contribution in [0.25, 0.3) is 0 Å². The van der Waals surface area contributed by atoms with E-state index in [1.165, 1.54) is 6.07 Å². The SMILES string of the molecule is CC(C(=O)Nc1cc(CN)cc(C(F)(F)F)c1)C1CC1.Cl. The molecule has 21 heavy (non-hydrogen) atoms. The van der Waals surface area contributed by atoms with E-state index >= 15 is 0 Å². The van der Waals surface area contributed by atoms with Crippen molar-refractivity contribution in [2.45, 2.75) is 32.5 Å². The van der Waals surface area contributed by atoms with Gasteiger partial charge in [-0.3, -0.25) is 4.79 Å². The summed E-state index contributed by atoms with van der Waals surface area (Å²) in [4.78, 5) is 11.9. The molecule has 7 heteroatoms. The summed E-state index contributed by atoms with van der Waals surface area (Å²) in [7, 11) is 0. The van der Waals surface area contributed by atoms with Crippen molar-refractivity contribution < 1.29 is 18.0 Å². The standard InChI is InChI=1S/C14H17F3N2O.ClH/c1-8(10-2-3-10)13(20)19-12-5-9(7-18)4-11(6-12)14(15,16)17;/h4-6,8,10H,2-3,7,18H2,1H3,(H,19,20);1H. The van der Waals surface area contributed by atoms with Gasteiger partial charge in [-0.1, -0.05) is 6.92 Å². The summed E-state index contributed by atoms with van der Waals surface area (Å²) in [6.07, 6.45) is -2.44. The molecule has 2 rings (SSSR count). The smallest absolute Gasteiger partial charge is 0.326 e. The van der Waals surface area contributed by atoms with Crippen LogP contribution in [0.3, 0.4) is 0 Å². The van der Waals surface area contributed by atoms with Crippen molar-refractivity contribution in [1.82, 2.24) is 0 Å². The minimum absolute atomic E-state index is 0. The summed E-state index contributed by atoms with van der Waals surface area (Å²) >= 11 is 0. The Bertz CT molecular complexity index is 515. The predicted molar refractivity (Wildman–Crippen MR) is 77.1 cm³/mol. The highest BCUT2D eigenvalue weighted by Gasteiger charge is 2.34. The first-order valence-corrected chi connectivity index (χ1v) is 6.53. The Hall–Kier alpha value is -1.27. The Morgan fingerprint density at radius 1 is 1.38 bits per heavy atom. The number of carbonyl (C=O) groups excluding carboxylic acids is 1. The molecule has 0 spiro atoms. The highest BCUT2D eigenvalue weighted by molar-refractivity contribution is 5.92. The lowest BCUT2D eigenvalue weighted by molar-refractivity contribution is -0.137. The van der Waals surface area contributed by atoms with Crippen LogP contribution in [0.5, 0.6) is 0 Å². The number of alkyl halides is 3. The molecule has 0 heterocycles. The average molecular weight is 323 g/mol. The van der Waals surface area contributed by atoms with Gasteiger partial charge in [-0.2, -0.15) is 13.2 Å². The number of carbonyl (C=O) groups is 1. The van der Waals surface area contributed by atoms with Gasteiger partial charge in [-0.15, -0.1) is 12.4 Å². The third kappa shape index (κ3) is 4.61. The van der Waals surface area contributed by atoms with Gasteiger partial charge >= 0.3 is 6.18 Å². The molecule has 1 saturated carbocycles. The molecule has 3 N–H and O–H groups in total. The highest BCUT2D eigenvalue weighted by atomic mass is 35.5. The third-order valence-electron chi connectivity index (χ3n) is 3.57. The zero-order valence-electron chi connectivity index (χ0n) is 11.5. The second-order valence-electron chi connectivity index (χ2n) is 5.24. The van der Waals surface area contributed by atoms with Crippen molar-refractivity contribution in [3.05, 3.63) is 29.3 Å². The van der Waals surface area contributed by atoms with Gasteiger partial charge in [0.25, 0.3) is 0 Å². The van der Waals surface area contributed by atoms with E-state index in [4.69, 9.17) is 5.73 Å². The van der Waals surface area contributed by atoms with Crippen LogP contribution in [0.4, 0.5) is 18.9 Å². The molecule has 0 saturated heterocycles. The van der Waals surface area contributed by atoms with Crippen molar-refractivity contribution in [1.29, 1.82) is 0 Å². The van der Waals surface area contributed by atoms with Crippen LogP contribution in [-0.2, 0) is 17.5 Å². The van der Waals surface area contributed by atoms with E-state index in [0.717, 1.165) is 25.0 Å². The van der Waals surface area contributed by atoms with Crippen molar-refractivity contribution in [2.75, 3.05) is 5.32 Å². The minimum Gasteiger partial charge on any atom is -0.326 e. The molecular formula is C14H18ClF3N2O. The number of rotatable bonds is 4. The number of nitrogens with one attached hydrogen (secondary N) is 1. The maximum atomic E-state index is 12.8. The largest absolute Gasteiger partial charge is 0.416 e. The van der Waals surface area contributed by atoms with Crippen molar-refractivity contribution >= 4 is 24.0 Å². The number of hydrogen-bond donors (Lipinski definition) is 2. The third-order valence-corrected chi connectivity index (χ3v) is 3.57. The highest BCUT2D eigenvalue weighted by Crippen LogP contribution is 2.37. The fraction of sp³-hybridized carbons (Fsp3) is 0.500. The number of nitrogens with two attached hydrogens (primary N) is 1. The molecule has 0 aromatic heterocycles. The predicted octanol–water partition coefficient (Wildman–Crippen LogP) is 3.57. The fourth-order valence-corrected chi connectivity index (χ4v) is 2.11. The van der Waals surface area contributed by atoms with E-state index in [9.17, 15) is 18.0 Å². The Labute approximate surface area is 127 Å². The lowest BCUT2D eigenvalue weighted by atomic mass is 10.0. The van der Waals surface area contributed by atoms with Crippen LogP contribution in [0.1, 0.15) is 30.9 Å². The molecule has 1 fully saturated rings. The van der Waals surface area contributed by atoms with Crippen LogP contribution >= 0.6 is 12.4 Å². The van der Waals surface area contributed by atoms with Gasteiger partial charge in [0.2, 0.25) is 5.91 Å². The Balaban J connectivity index is 0.00000220. The van der Waals surface area contributed by atoms with Crippen LogP contribution in [0, 0.1) is 11.8 Å². The monoisotopic (exact) mass is 322 g/mol. The number of anilines is 1. The lowest BCUT2D eigenvalue weighted by Gasteiger charge is -2.14. The van der Waals surface area contributed by atoms with E-state index in [0.29, 0.717) is 11.5 Å². The fourth-order valence-electron chi connectivity index (χ4n) is 2.11. The number of benzene rings is 1. The lowest BCUT2D eigenvalue weighted by Crippen LogP contribution is -2.22. The van der Waals surface area contributed by atoms with Crippen molar-refractivity contribution in [3.8, 4) is 0 Å². The molecule has 1 aliphatic rings. The summed E-state index contributed by atoms with van der Waals surface area (Å²) in [5, 5.41) is 2.56. The molecule has 1 aromatic rings. The quantitative estimate of drug-likeness (QED) is 0.890. The van der Waals surface area contributed by atoms with E-state index in [1.54, 1.807) is 6.92 Å². The topological polar surface area (TPSA) is 55.1 Å². The maximum Gasteiger partial charge on any atom is 0.416 e. The molecule has 1 unspecified atom stereocenters. The molecule has 0 aliphatic heterocycles. The Morgan fingerprint density at radius 3 is 2.48 bits per heavy atom. The van der Waals surface area contributed by atoms with Gasteiger partial charge < -0.3 is 11.1 Å². The Morgan fingerprint density at radius 2 is 2.00 bits per heavy atom. The molecule has 0 bridgehead atoms. The summed E-state index contributed by atoms with van der Waals surface area (Å²) in [6.45, 7) is 1.79. The van der Waals surface area contributed by atoms with Crippen LogP contribution < -0.4 is 11.1 Å². The van der Waals surface area contributed by atoms with E-state index in [1.807, 2.05) is 0 Å². The molecule has 118 valence electrons. The van der Waals surface area contributed by atoms with Gasteiger partial charge in [0.15, 0.2) is 0 Å². The van der Waals surface area contributed by atoms with Crippen LogP contribution in [0.2, 0.25) is 0 Å². The summed E-state index contributed by atoms with van der Waals surface area (Å²) in [5.74, 6) is -0.0598. The number of amides is 1. The first-order chi connectivity index (χ1) is 9.31. The zero-order valence-corrected chi connectivity index (χ0v) is 12.4. The van der Waals surface area contributed by atoms with Gasteiger partial charge in [0, 0.05) is 18.2 Å². The molecule has 1 aromatic carbocycles. The second kappa shape index (κ2) is 6.66. The molecule has 0 radical (unpaired) electrons. The van der Waals surface area contributed by atoms with E-state index < -0.39 is 11.7 Å².